The van der Waals surface area contributed by atoms with Crippen LogP contribution >= 0.6 is 0 Å². The molecule has 1 aromatic rings. The molecule has 2 nitrogen and oxygen atoms in total. The van der Waals surface area contributed by atoms with Gasteiger partial charge in [-0.1, -0.05) is 30.3 Å². The van der Waals surface area contributed by atoms with E-state index in [-0.39, 0.29) is 0 Å². The van der Waals surface area contributed by atoms with Crippen LogP contribution in [0.1, 0.15) is 24.8 Å². The first-order chi connectivity index (χ1) is 9.38. The van der Waals surface area contributed by atoms with Crippen molar-refractivity contribution in [2.75, 3.05) is 26.2 Å². The zero-order valence-electron chi connectivity index (χ0n) is 11.6. The topological polar surface area (TPSA) is 15.3 Å². The van der Waals surface area contributed by atoms with Crippen LogP contribution in [0, 0.1) is 12.3 Å². The zero-order valence-corrected chi connectivity index (χ0v) is 11.6. The normalized spacial score (nSPS) is 20.1. The first-order valence-corrected chi connectivity index (χ1v) is 7.31. The minimum atomic E-state index is 0.587. The largest absolute Gasteiger partial charge is 0.311 e. The Balaban J connectivity index is 1.73. The molecule has 0 saturated carbocycles. The number of nitrogens with zero attached hydrogens (tertiary/aromatic N) is 1. The van der Waals surface area contributed by atoms with E-state index in [0.717, 1.165) is 32.4 Å². The summed E-state index contributed by atoms with van der Waals surface area (Å²) in [5.41, 5.74) is 1.43. The lowest BCUT2D eigenvalue weighted by Gasteiger charge is -2.33. The minimum Gasteiger partial charge on any atom is -0.311 e. The molecule has 19 heavy (non-hydrogen) atoms. The maximum absolute atomic E-state index is 5.28. The van der Waals surface area contributed by atoms with Crippen molar-refractivity contribution in [1.82, 2.24) is 10.2 Å². The summed E-state index contributed by atoms with van der Waals surface area (Å²) < 4.78 is 0. The Morgan fingerprint density at radius 3 is 2.89 bits per heavy atom. The summed E-state index contributed by atoms with van der Waals surface area (Å²) in [6, 6.07) is 11.3. The number of piperazine rings is 1. The van der Waals surface area contributed by atoms with E-state index < -0.39 is 0 Å². The first-order valence-electron chi connectivity index (χ1n) is 7.31. The molecule has 0 radical (unpaired) electrons. The van der Waals surface area contributed by atoms with E-state index in [4.69, 9.17) is 6.42 Å². The van der Waals surface area contributed by atoms with Gasteiger partial charge in [-0.15, -0.1) is 12.3 Å². The summed E-state index contributed by atoms with van der Waals surface area (Å²) in [5, 5.41) is 3.63. The van der Waals surface area contributed by atoms with Crippen molar-refractivity contribution >= 4 is 0 Å². The van der Waals surface area contributed by atoms with Crippen LogP contribution in [0.4, 0.5) is 0 Å². The fraction of sp³-hybridized carbons (Fsp3) is 0.529. The summed E-state index contributed by atoms with van der Waals surface area (Å²) in [6.45, 7) is 4.62. The molecule has 2 rings (SSSR count). The van der Waals surface area contributed by atoms with Gasteiger partial charge in [-0.05, 0) is 31.4 Å². The molecule has 2 heteroatoms. The SMILES string of the molecule is C#CCCCCN1CCNC(Cc2ccccc2)C1. The van der Waals surface area contributed by atoms with Gasteiger partial charge in [-0.25, -0.2) is 0 Å². The monoisotopic (exact) mass is 256 g/mol. The van der Waals surface area contributed by atoms with Crippen molar-refractivity contribution < 1.29 is 0 Å². The number of nitrogens with one attached hydrogen (secondary N) is 1. The molecule has 0 aromatic heterocycles. The zero-order chi connectivity index (χ0) is 13.3. The average Bonchev–Trinajstić information content (AvgIpc) is 2.45. The highest BCUT2D eigenvalue weighted by molar-refractivity contribution is 5.16. The van der Waals surface area contributed by atoms with Crippen molar-refractivity contribution in [3.63, 3.8) is 0 Å². The smallest absolute Gasteiger partial charge is 0.0235 e. The lowest BCUT2D eigenvalue weighted by molar-refractivity contribution is 0.196. The maximum Gasteiger partial charge on any atom is 0.0235 e. The molecule has 1 aliphatic heterocycles. The van der Waals surface area contributed by atoms with Crippen LogP contribution in [-0.2, 0) is 6.42 Å². The Bertz CT molecular complexity index is 393. The summed E-state index contributed by atoms with van der Waals surface area (Å²) in [4.78, 5) is 2.57. The molecule has 1 aromatic carbocycles. The fourth-order valence-electron chi connectivity index (χ4n) is 2.70. The van der Waals surface area contributed by atoms with E-state index in [2.05, 4.69) is 46.5 Å². The number of benzene rings is 1. The molecule has 0 spiro atoms. The standard InChI is InChI=1S/C17H24N2/c1-2-3-4-8-12-19-13-11-18-17(15-19)14-16-9-6-5-7-10-16/h1,5-7,9-10,17-18H,3-4,8,11-15H2. The predicted octanol–water partition coefficient (Wildman–Crippen LogP) is 2.31. The molecular formula is C17H24N2. The molecule has 1 fully saturated rings. The van der Waals surface area contributed by atoms with Gasteiger partial charge in [-0.3, -0.25) is 0 Å². The predicted molar refractivity (Wildman–Crippen MR) is 81.1 cm³/mol. The van der Waals surface area contributed by atoms with Crippen molar-refractivity contribution in [2.45, 2.75) is 31.7 Å². The van der Waals surface area contributed by atoms with Crippen LogP contribution in [-0.4, -0.2) is 37.1 Å². The van der Waals surface area contributed by atoms with E-state index in [1.165, 1.54) is 25.1 Å². The van der Waals surface area contributed by atoms with Gasteiger partial charge in [0.25, 0.3) is 0 Å². The van der Waals surface area contributed by atoms with Gasteiger partial charge in [0.15, 0.2) is 0 Å². The Kier molecular flexibility index (Phi) is 5.94. The quantitative estimate of drug-likeness (QED) is 0.620. The highest BCUT2D eigenvalue weighted by Gasteiger charge is 2.18. The van der Waals surface area contributed by atoms with Crippen molar-refractivity contribution in [1.29, 1.82) is 0 Å². The van der Waals surface area contributed by atoms with E-state index in [0.29, 0.717) is 6.04 Å². The van der Waals surface area contributed by atoms with E-state index >= 15 is 0 Å². The van der Waals surface area contributed by atoms with E-state index in [1.54, 1.807) is 0 Å². The summed E-state index contributed by atoms with van der Waals surface area (Å²) in [7, 11) is 0. The van der Waals surface area contributed by atoms with E-state index in [1.807, 2.05) is 0 Å². The van der Waals surface area contributed by atoms with Crippen LogP contribution in [0.15, 0.2) is 30.3 Å². The Morgan fingerprint density at radius 2 is 2.11 bits per heavy atom. The molecule has 1 atom stereocenters. The van der Waals surface area contributed by atoms with Gasteiger partial charge in [0.2, 0.25) is 0 Å². The molecule has 1 saturated heterocycles. The van der Waals surface area contributed by atoms with Crippen molar-refractivity contribution in [3.8, 4) is 12.3 Å². The highest BCUT2D eigenvalue weighted by atomic mass is 15.2. The summed E-state index contributed by atoms with van der Waals surface area (Å²) >= 11 is 0. The molecular weight excluding hydrogens is 232 g/mol. The van der Waals surface area contributed by atoms with Crippen molar-refractivity contribution in [2.24, 2.45) is 0 Å². The second-order valence-corrected chi connectivity index (χ2v) is 5.30. The second kappa shape index (κ2) is 7.99. The van der Waals surface area contributed by atoms with Gasteiger partial charge >= 0.3 is 0 Å². The third-order valence-corrected chi connectivity index (χ3v) is 3.71. The van der Waals surface area contributed by atoms with Crippen LogP contribution in [0.5, 0.6) is 0 Å². The van der Waals surface area contributed by atoms with Gasteiger partial charge in [0, 0.05) is 32.1 Å². The van der Waals surface area contributed by atoms with Crippen LogP contribution in [0.2, 0.25) is 0 Å². The molecule has 0 aliphatic carbocycles. The Labute approximate surface area is 117 Å². The third kappa shape index (κ3) is 5.06. The van der Waals surface area contributed by atoms with Gasteiger partial charge in [-0.2, -0.15) is 0 Å². The second-order valence-electron chi connectivity index (χ2n) is 5.30. The number of unbranched alkanes of at least 4 members (excludes halogenated alkanes) is 2. The van der Waals surface area contributed by atoms with Crippen LogP contribution < -0.4 is 5.32 Å². The molecule has 0 bridgehead atoms. The molecule has 1 heterocycles. The Morgan fingerprint density at radius 1 is 1.26 bits per heavy atom. The lowest BCUT2D eigenvalue weighted by atomic mass is 10.0. The van der Waals surface area contributed by atoms with Crippen LogP contribution in [0.25, 0.3) is 0 Å². The maximum atomic E-state index is 5.28. The van der Waals surface area contributed by atoms with Crippen LogP contribution in [0.3, 0.4) is 0 Å². The van der Waals surface area contributed by atoms with E-state index in [9.17, 15) is 0 Å². The number of hydrogen-bond acceptors (Lipinski definition) is 2. The highest BCUT2D eigenvalue weighted by Crippen LogP contribution is 2.08. The lowest BCUT2D eigenvalue weighted by Crippen LogP contribution is -2.51. The number of terminal acetylenes is 1. The number of rotatable bonds is 6. The molecule has 1 N–H and O–H groups in total. The first kappa shape index (κ1) is 14.1. The molecule has 0 amide bonds. The van der Waals surface area contributed by atoms with Gasteiger partial charge < -0.3 is 10.2 Å². The third-order valence-electron chi connectivity index (χ3n) is 3.71. The molecule has 1 unspecified atom stereocenters. The average molecular weight is 256 g/mol. The molecule has 1 aliphatic rings. The summed E-state index contributed by atoms with van der Waals surface area (Å²) in [5.74, 6) is 2.72. The van der Waals surface area contributed by atoms with Crippen molar-refractivity contribution in [3.05, 3.63) is 35.9 Å². The minimum absolute atomic E-state index is 0.587. The van der Waals surface area contributed by atoms with Gasteiger partial charge in [0.05, 0.1) is 0 Å². The number of hydrogen-bond donors (Lipinski definition) is 1. The summed E-state index contributed by atoms with van der Waals surface area (Å²) in [6.07, 6.45) is 9.71. The fourth-order valence-corrected chi connectivity index (χ4v) is 2.70. The molecule has 102 valence electrons. The Hall–Kier alpha value is -1.30. The van der Waals surface area contributed by atoms with Gasteiger partial charge in [0.1, 0.15) is 0 Å².